The van der Waals surface area contributed by atoms with Crippen molar-refractivity contribution in [2.45, 2.75) is 27.7 Å². The molecule has 0 saturated heterocycles. The van der Waals surface area contributed by atoms with Crippen LogP contribution in [0.3, 0.4) is 0 Å². The Morgan fingerprint density at radius 1 is 0.500 bits per heavy atom. The van der Waals surface area contributed by atoms with E-state index < -0.39 is 0 Å². The van der Waals surface area contributed by atoms with Crippen LogP contribution < -0.4 is 0 Å². The summed E-state index contributed by atoms with van der Waals surface area (Å²) < 4.78 is 0. The number of fused-ring (bicyclic) bond motifs is 2. The summed E-state index contributed by atoms with van der Waals surface area (Å²) in [5, 5.41) is 2.79. The summed E-state index contributed by atoms with van der Waals surface area (Å²) in [4.78, 5) is 22.4. The van der Waals surface area contributed by atoms with Crippen LogP contribution in [-0.4, -0.2) is 11.6 Å². The van der Waals surface area contributed by atoms with Gasteiger partial charge in [-0.1, -0.05) is 48.5 Å². The Bertz CT molecular complexity index is 972. The minimum Gasteiger partial charge on any atom is -0.289 e. The molecule has 0 atom stereocenters. The zero-order valence-corrected chi connectivity index (χ0v) is 15.6. The van der Waals surface area contributed by atoms with Gasteiger partial charge in [0.2, 0.25) is 0 Å². The van der Waals surface area contributed by atoms with Gasteiger partial charge in [-0.25, -0.2) is 0 Å². The SMILES string of the molecule is Cc1c(C)c(C)c2ccccc2c1C.O=C1C=CC(=O)c2ccccc21. The van der Waals surface area contributed by atoms with Gasteiger partial charge in [0.15, 0.2) is 11.6 Å². The first-order valence-electron chi connectivity index (χ1n) is 8.72. The predicted octanol–water partition coefficient (Wildman–Crippen LogP) is 5.70. The average molecular weight is 342 g/mol. The maximum absolute atomic E-state index is 11.2. The third-order valence-electron chi connectivity index (χ3n) is 5.27. The standard InChI is InChI=1S/C14H16.C10H6O2/c1-9-10(2)12(4)14-8-6-5-7-13(14)11(9)3;11-9-5-6-10(12)8-4-2-1-3-7(8)9/h5-8H,1-4H3;1-6H. The Balaban J connectivity index is 0.000000152. The molecule has 4 rings (SSSR count). The highest BCUT2D eigenvalue weighted by Gasteiger charge is 2.17. The predicted molar refractivity (Wildman–Crippen MR) is 107 cm³/mol. The van der Waals surface area contributed by atoms with Gasteiger partial charge >= 0.3 is 0 Å². The molecule has 2 nitrogen and oxygen atoms in total. The number of aryl methyl sites for hydroxylation is 2. The van der Waals surface area contributed by atoms with Gasteiger partial charge in [-0.05, 0) is 72.9 Å². The largest absolute Gasteiger partial charge is 0.289 e. The second kappa shape index (κ2) is 7.09. The van der Waals surface area contributed by atoms with Crippen LogP contribution in [0.5, 0.6) is 0 Å². The van der Waals surface area contributed by atoms with Crippen LogP contribution in [0.2, 0.25) is 0 Å². The molecule has 0 heterocycles. The molecule has 2 heteroatoms. The molecule has 0 bridgehead atoms. The number of benzene rings is 3. The molecule has 0 aromatic heterocycles. The number of ketones is 2. The summed E-state index contributed by atoms with van der Waals surface area (Å²) in [7, 11) is 0. The monoisotopic (exact) mass is 342 g/mol. The van der Waals surface area contributed by atoms with Crippen molar-refractivity contribution in [2.75, 3.05) is 0 Å². The van der Waals surface area contributed by atoms with Crippen molar-refractivity contribution in [2.24, 2.45) is 0 Å². The third-order valence-corrected chi connectivity index (χ3v) is 5.27. The second-order valence-corrected chi connectivity index (χ2v) is 6.65. The molecule has 0 unspecified atom stereocenters. The molecular weight excluding hydrogens is 320 g/mol. The van der Waals surface area contributed by atoms with Gasteiger partial charge in [-0.3, -0.25) is 9.59 Å². The lowest BCUT2D eigenvalue weighted by molar-refractivity contribution is 0.0994. The molecule has 0 N–H and O–H groups in total. The Kier molecular flexibility index (Phi) is 4.85. The molecular formula is C24H22O2. The van der Waals surface area contributed by atoms with Crippen LogP contribution in [0.4, 0.5) is 0 Å². The van der Waals surface area contributed by atoms with E-state index in [2.05, 4.69) is 52.0 Å². The Hall–Kier alpha value is -3.00. The molecule has 3 aromatic rings. The molecule has 26 heavy (non-hydrogen) atoms. The van der Waals surface area contributed by atoms with Crippen molar-refractivity contribution >= 4 is 22.3 Å². The minimum absolute atomic E-state index is 0.0924. The van der Waals surface area contributed by atoms with E-state index in [9.17, 15) is 9.59 Å². The van der Waals surface area contributed by atoms with Gasteiger partial charge in [0.05, 0.1) is 0 Å². The fraction of sp³-hybridized carbons (Fsp3) is 0.167. The smallest absolute Gasteiger partial charge is 0.186 e. The van der Waals surface area contributed by atoms with Crippen molar-refractivity contribution in [3.63, 3.8) is 0 Å². The van der Waals surface area contributed by atoms with Crippen molar-refractivity contribution in [1.29, 1.82) is 0 Å². The number of hydrogen-bond donors (Lipinski definition) is 0. The number of rotatable bonds is 0. The Morgan fingerprint density at radius 2 is 0.846 bits per heavy atom. The second-order valence-electron chi connectivity index (χ2n) is 6.65. The van der Waals surface area contributed by atoms with Gasteiger partial charge in [0, 0.05) is 11.1 Å². The van der Waals surface area contributed by atoms with Crippen molar-refractivity contribution in [1.82, 2.24) is 0 Å². The van der Waals surface area contributed by atoms with Gasteiger partial charge < -0.3 is 0 Å². The summed E-state index contributed by atoms with van der Waals surface area (Å²) in [5.74, 6) is -0.185. The Labute approximate surface area is 154 Å². The van der Waals surface area contributed by atoms with Crippen LogP contribution in [0.15, 0.2) is 60.7 Å². The minimum atomic E-state index is -0.0924. The zero-order chi connectivity index (χ0) is 18.8. The van der Waals surface area contributed by atoms with E-state index in [1.165, 1.54) is 45.2 Å². The van der Waals surface area contributed by atoms with E-state index in [0.29, 0.717) is 11.1 Å². The van der Waals surface area contributed by atoms with Crippen LogP contribution in [0, 0.1) is 27.7 Å². The lowest BCUT2D eigenvalue weighted by atomic mass is 9.92. The van der Waals surface area contributed by atoms with Crippen LogP contribution in [0.1, 0.15) is 43.0 Å². The lowest BCUT2D eigenvalue weighted by Gasteiger charge is -2.13. The highest BCUT2D eigenvalue weighted by atomic mass is 16.1. The van der Waals surface area contributed by atoms with Gasteiger partial charge in [0.25, 0.3) is 0 Å². The molecule has 1 aliphatic carbocycles. The molecule has 0 aliphatic heterocycles. The van der Waals surface area contributed by atoms with E-state index in [1.807, 2.05) is 0 Å². The highest BCUT2D eigenvalue weighted by molar-refractivity contribution is 6.21. The van der Waals surface area contributed by atoms with Crippen LogP contribution in [0.25, 0.3) is 10.8 Å². The van der Waals surface area contributed by atoms with Gasteiger partial charge in [-0.2, -0.15) is 0 Å². The summed E-state index contributed by atoms with van der Waals surface area (Å²) >= 11 is 0. The first-order valence-corrected chi connectivity index (χ1v) is 8.72. The molecule has 0 spiro atoms. The highest BCUT2D eigenvalue weighted by Crippen LogP contribution is 2.28. The first-order chi connectivity index (χ1) is 12.4. The van der Waals surface area contributed by atoms with Gasteiger partial charge in [-0.15, -0.1) is 0 Å². The van der Waals surface area contributed by atoms with Crippen molar-refractivity contribution < 1.29 is 9.59 Å². The normalized spacial score (nSPS) is 12.6. The maximum atomic E-state index is 11.2. The number of carbonyl (C=O) groups excluding carboxylic acids is 2. The maximum Gasteiger partial charge on any atom is 0.186 e. The fourth-order valence-electron chi connectivity index (χ4n) is 3.35. The number of carbonyl (C=O) groups is 2. The summed E-state index contributed by atoms with van der Waals surface area (Å²) in [6, 6.07) is 15.5. The third kappa shape index (κ3) is 3.11. The molecule has 0 fully saturated rings. The zero-order valence-electron chi connectivity index (χ0n) is 15.6. The summed E-state index contributed by atoms with van der Waals surface area (Å²) in [6.07, 6.45) is 2.62. The molecule has 0 amide bonds. The lowest BCUT2D eigenvalue weighted by Crippen LogP contribution is -2.10. The van der Waals surface area contributed by atoms with E-state index in [4.69, 9.17) is 0 Å². The average Bonchev–Trinajstić information content (AvgIpc) is 2.68. The summed E-state index contributed by atoms with van der Waals surface area (Å²) in [5.41, 5.74) is 6.71. The number of allylic oxidation sites excluding steroid dienone is 2. The molecule has 130 valence electrons. The molecule has 0 radical (unpaired) electrons. The molecule has 1 aliphatic rings. The van der Waals surface area contributed by atoms with Gasteiger partial charge in [0.1, 0.15) is 0 Å². The number of hydrogen-bond acceptors (Lipinski definition) is 2. The molecule has 0 saturated carbocycles. The van der Waals surface area contributed by atoms with E-state index in [1.54, 1.807) is 24.3 Å². The topological polar surface area (TPSA) is 34.1 Å². The van der Waals surface area contributed by atoms with Crippen molar-refractivity contribution in [3.8, 4) is 0 Å². The Morgan fingerprint density at radius 3 is 1.23 bits per heavy atom. The van der Waals surface area contributed by atoms with Crippen LogP contribution >= 0.6 is 0 Å². The van der Waals surface area contributed by atoms with Crippen LogP contribution in [-0.2, 0) is 0 Å². The fourth-order valence-corrected chi connectivity index (χ4v) is 3.35. The van der Waals surface area contributed by atoms with E-state index >= 15 is 0 Å². The quantitative estimate of drug-likeness (QED) is 0.525. The summed E-state index contributed by atoms with van der Waals surface area (Å²) in [6.45, 7) is 8.85. The molecule has 3 aromatic carbocycles. The van der Waals surface area contributed by atoms with E-state index in [0.717, 1.165) is 0 Å². The van der Waals surface area contributed by atoms with E-state index in [-0.39, 0.29) is 11.6 Å². The first kappa shape index (κ1) is 17.8. The van der Waals surface area contributed by atoms with Crippen molar-refractivity contribution in [3.05, 3.63) is 94.1 Å².